The van der Waals surface area contributed by atoms with Crippen molar-refractivity contribution in [1.82, 2.24) is 0 Å². The first kappa shape index (κ1) is 20.2. The quantitative estimate of drug-likeness (QED) is 0.538. The van der Waals surface area contributed by atoms with Crippen molar-refractivity contribution in [3.05, 3.63) is 29.3 Å². The van der Waals surface area contributed by atoms with Gasteiger partial charge in [0.2, 0.25) is 0 Å². The molecule has 0 saturated carbocycles. The van der Waals surface area contributed by atoms with Gasteiger partial charge in [0.25, 0.3) is 0 Å². The SMILES string of the molecule is CCCCCCCCc1ccc2c(c1)CCCN2CC(N)(CO)CO. The van der Waals surface area contributed by atoms with Crippen LogP contribution in [0.25, 0.3) is 0 Å². The molecule has 4 heteroatoms. The molecule has 4 N–H and O–H groups in total. The Morgan fingerprint density at radius 1 is 1.08 bits per heavy atom. The predicted octanol–water partition coefficient (Wildman–Crippen LogP) is 3.02. The van der Waals surface area contributed by atoms with Crippen LogP contribution < -0.4 is 10.6 Å². The van der Waals surface area contributed by atoms with E-state index in [0.717, 1.165) is 25.8 Å². The van der Waals surface area contributed by atoms with Crippen molar-refractivity contribution in [2.24, 2.45) is 5.73 Å². The number of fused-ring (bicyclic) bond motifs is 1. The zero-order chi connectivity index (χ0) is 18.1. The molecule has 0 fully saturated rings. The van der Waals surface area contributed by atoms with Crippen LogP contribution in [-0.4, -0.2) is 42.1 Å². The number of hydrogen-bond acceptors (Lipinski definition) is 4. The predicted molar refractivity (Wildman–Crippen MR) is 105 cm³/mol. The molecule has 1 aliphatic heterocycles. The van der Waals surface area contributed by atoms with Crippen molar-refractivity contribution in [3.63, 3.8) is 0 Å². The summed E-state index contributed by atoms with van der Waals surface area (Å²) < 4.78 is 0. The van der Waals surface area contributed by atoms with E-state index in [1.807, 2.05) is 0 Å². The molecule has 142 valence electrons. The Morgan fingerprint density at radius 2 is 1.80 bits per heavy atom. The van der Waals surface area contributed by atoms with Gasteiger partial charge in [-0.3, -0.25) is 0 Å². The molecule has 0 radical (unpaired) electrons. The summed E-state index contributed by atoms with van der Waals surface area (Å²) in [5.41, 5.74) is 9.18. The maximum Gasteiger partial charge on any atom is 0.0800 e. The molecule has 1 aromatic rings. The molecule has 0 saturated heterocycles. The van der Waals surface area contributed by atoms with Gasteiger partial charge in [-0.25, -0.2) is 0 Å². The third-order valence-electron chi connectivity index (χ3n) is 5.31. The Hall–Kier alpha value is -1.10. The van der Waals surface area contributed by atoms with E-state index in [2.05, 4.69) is 30.0 Å². The van der Waals surface area contributed by atoms with Crippen LogP contribution in [0.5, 0.6) is 0 Å². The van der Waals surface area contributed by atoms with Crippen molar-refractivity contribution in [3.8, 4) is 0 Å². The van der Waals surface area contributed by atoms with E-state index in [0.29, 0.717) is 6.54 Å². The van der Waals surface area contributed by atoms with Gasteiger partial charge in [0.1, 0.15) is 0 Å². The highest BCUT2D eigenvalue weighted by atomic mass is 16.3. The summed E-state index contributed by atoms with van der Waals surface area (Å²) in [6.07, 6.45) is 11.3. The zero-order valence-corrected chi connectivity index (χ0v) is 15.8. The Kier molecular flexibility index (Phi) is 8.20. The fraction of sp³-hybridized carbons (Fsp3) is 0.714. The van der Waals surface area contributed by atoms with E-state index in [-0.39, 0.29) is 13.2 Å². The van der Waals surface area contributed by atoms with Gasteiger partial charge in [-0.15, -0.1) is 0 Å². The number of hydrogen-bond donors (Lipinski definition) is 3. The molecular weight excluding hydrogens is 312 g/mol. The summed E-state index contributed by atoms with van der Waals surface area (Å²) in [6.45, 7) is 3.27. The van der Waals surface area contributed by atoms with Gasteiger partial charge in [-0.05, 0) is 42.9 Å². The van der Waals surface area contributed by atoms with E-state index < -0.39 is 5.54 Å². The lowest BCUT2D eigenvalue weighted by Gasteiger charge is -2.37. The van der Waals surface area contributed by atoms with Crippen LogP contribution in [0.3, 0.4) is 0 Å². The lowest BCUT2D eigenvalue weighted by Crippen LogP contribution is -2.56. The van der Waals surface area contributed by atoms with Crippen LogP contribution in [0.4, 0.5) is 5.69 Å². The maximum atomic E-state index is 9.47. The molecule has 1 aromatic carbocycles. The average Bonchev–Trinajstić information content (AvgIpc) is 2.64. The minimum atomic E-state index is -0.939. The van der Waals surface area contributed by atoms with Gasteiger partial charge in [0.15, 0.2) is 0 Å². The summed E-state index contributed by atoms with van der Waals surface area (Å²) in [5.74, 6) is 0. The third kappa shape index (κ3) is 5.98. The molecule has 1 aliphatic rings. The Balaban J connectivity index is 1.92. The second-order valence-electron chi connectivity index (χ2n) is 7.68. The summed E-state index contributed by atoms with van der Waals surface area (Å²) >= 11 is 0. The lowest BCUT2D eigenvalue weighted by atomic mass is 9.94. The van der Waals surface area contributed by atoms with E-state index in [1.54, 1.807) is 0 Å². The molecule has 0 aliphatic carbocycles. The van der Waals surface area contributed by atoms with E-state index >= 15 is 0 Å². The number of unbranched alkanes of at least 4 members (excludes halogenated alkanes) is 5. The number of aliphatic hydroxyl groups excluding tert-OH is 2. The van der Waals surface area contributed by atoms with Crippen LogP contribution in [0, 0.1) is 0 Å². The second kappa shape index (κ2) is 10.1. The normalized spacial score (nSPS) is 14.6. The number of rotatable bonds is 11. The number of nitrogens with zero attached hydrogens (tertiary/aromatic N) is 1. The van der Waals surface area contributed by atoms with E-state index in [9.17, 15) is 10.2 Å². The van der Waals surface area contributed by atoms with Crippen molar-refractivity contribution in [2.45, 2.75) is 70.3 Å². The maximum absolute atomic E-state index is 9.47. The number of anilines is 1. The molecule has 0 bridgehead atoms. The number of aliphatic hydroxyl groups is 2. The largest absolute Gasteiger partial charge is 0.394 e. The number of benzene rings is 1. The highest BCUT2D eigenvalue weighted by molar-refractivity contribution is 5.57. The van der Waals surface area contributed by atoms with Gasteiger partial charge in [-0.1, -0.05) is 51.2 Å². The molecule has 2 rings (SSSR count). The molecule has 25 heavy (non-hydrogen) atoms. The van der Waals surface area contributed by atoms with Gasteiger partial charge < -0.3 is 20.8 Å². The topological polar surface area (TPSA) is 69.7 Å². The average molecular weight is 349 g/mol. The van der Waals surface area contributed by atoms with Crippen molar-refractivity contribution in [1.29, 1.82) is 0 Å². The zero-order valence-electron chi connectivity index (χ0n) is 15.8. The number of nitrogens with two attached hydrogens (primary N) is 1. The summed E-state index contributed by atoms with van der Waals surface area (Å²) in [6, 6.07) is 6.79. The minimum Gasteiger partial charge on any atom is -0.394 e. The molecular formula is C21H36N2O2. The fourth-order valence-electron chi connectivity index (χ4n) is 3.69. The standard InChI is InChI=1S/C21H36N2O2/c1-2-3-4-5-6-7-9-18-11-12-20-19(14-18)10-8-13-23(20)15-21(22,16-24)17-25/h11-12,14,24-25H,2-10,13,15-17,22H2,1H3. The first-order valence-electron chi connectivity index (χ1n) is 9.99. The van der Waals surface area contributed by atoms with Crippen LogP contribution in [-0.2, 0) is 12.8 Å². The smallest absolute Gasteiger partial charge is 0.0800 e. The highest BCUT2D eigenvalue weighted by Gasteiger charge is 2.28. The first-order valence-corrected chi connectivity index (χ1v) is 9.99. The van der Waals surface area contributed by atoms with Crippen molar-refractivity contribution in [2.75, 3.05) is 31.2 Å². The molecule has 0 atom stereocenters. The van der Waals surface area contributed by atoms with Gasteiger partial charge in [0, 0.05) is 18.8 Å². The number of aryl methyl sites for hydroxylation is 2. The van der Waals surface area contributed by atoms with E-state index in [1.165, 1.54) is 55.3 Å². The van der Waals surface area contributed by atoms with Crippen LogP contribution >= 0.6 is 0 Å². The van der Waals surface area contributed by atoms with Gasteiger partial charge in [-0.2, -0.15) is 0 Å². The highest BCUT2D eigenvalue weighted by Crippen LogP contribution is 2.29. The van der Waals surface area contributed by atoms with Crippen molar-refractivity contribution >= 4 is 5.69 Å². The summed E-state index contributed by atoms with van der Waals surface area (Å²) in [7, 11) is 0. The van der Waals surface area contributed by atoms with Gasteiger partial charge in [0.05, 0.1) is 18.8 Å². The molecule has 1 heterocycles. The summed E-state index contributed by atoms with van der Waals surface area (Å²) in [4.78, 5) is 2.22. The van der Waals surface area contributed by atoms with Crippen molar-refractivity contribution < 1.29 is 10.2 Å². The lowest BCUT2D eigenvalue weighted by molar-refractivity contribution is 0.124. The monoisotopic (exact) mass is 348 g/mol. The first-order chi connectivity index (χ1) is 12.1. The van der Waals surface area contributed by atoms with Crippen LogP contribution in [0.2, 0.25) is 0 Å². The Morgan fingerprint density at radius 3 is 2.52 bits per heavy atom. The molecule has 0 unspecified atom stereocenters. The third-order valence-corrected chi connectivity index (χ3v) is 5.31. The Labute approximate surface area is 153 Å². The van der Waals surface area contributed by atoms with Crippen LogP contribution in [0.15, 0.2) is 18.2 Å². The molecule has 0 spiro atoms. The van der Waals surface area contributed by atoms with Crippen LogP contribution in [0.1, 0.15) is 63.0 Å². The molecule has 4 nitrogen and oxygen atoms in total. The van der Waals surface area contributed by atoms with Gasteiger partial charge >= 0.3 is 0 Å². The van der Waals surface area contributed by atoms with E-state index in [4.69, 9.17) is 5.73 Å². The molecule has 0 aromatic heterocycles. The Bertz CT molecular complexity index is 515. The fourth-order valence-corrected chi connectivity index (χ4v) is 3.69. The second-order valence-corrected chi connectivity index (χ2v) is 7.68. The minimum absolute atomic E-state index is 0.203. The summed E-state index contributed by atoms with van der Waals surface area (Å²) in [5, 5.41) is 18.9. The molecule has 0 amide bonds.